The zero-order chi connectivity index (χ0) is 16.2. The molecule has 0 unspecified atom stereocenters. The first-order valence-corrected chi connectivity index (χ1v) is 7.47. The monoisotopic (exact) mass is 300 g/mol. The summed E-state index contributed by atoms with van der Waals surface area (Å²) in [5.41, 5.74) is 3.66. The van der Waals surface area contributed by atoms with Gasteiger partial charge >= 0.3 is 0 Å². The van der Waals surface area contributed by atoms with Gasteiger partial charge in [-0.2, -0.15) is 0 Å². The molecule has 0 aliphatic heterocycles. The third kappa shape index (κ3) is 3.11. The van der Waals surface area contributed by atoms with Gasteiger partial charge in [-0.1, -0.05) is 78.9 Å². The van der Waals surface area contributed by atoms with Crippen LogP contribution in [0.1, 0.15) is 33.2 Å². The van der Waals surface area contributed by atoms with Gasteiger partial charge in [-0.05, 0) is 18.1 Å². The fraction of sp³-hybridized carbons (Fsp3) is 0.0476. The van der Waals surface area contributed by atoms with Crippen LogP contribution >= 0.6 is 0 Å². The third-order valence-corrected chi connectivity index (χ3v) is 3.81. The quantitative estimate of drug-likeness (QED) is 0.649. The number of hydrogen-bond acceptors (Lipinski definition) is 2. The van der Waals surface area contributed by atoms with Gasteiger partial charge in [-0.15, -0.1) is 0 Å². The minimum Gasteiger partial charge on any atom is -0.294 e. The Labute approximate surface area is 135 Å². The molecule has 0 saturated heterocycles. The van der Waals surface area contributed by atoms with E-state index in [9.17, 15) is 9.59 Å². The van der Waals surface area contributed by atoms with Crippen molar-refractivity contribution in [2.24, 2.45) is 0 Å². The van der Waals surface area contributed by atoms with Gasteiger partial charge in [0, 0.05) is 16.7 Å². The van der Waals surface area contributed by atoms with Gasteiger partial charge in [0.1, 0.15) is 0 Å². The van der Waals surface area contributed by atoms with Crippen molar-refractivity contribution in [3.8, 4) is 11.1 Å². The molecule has 0 fully saturated rings. The van der Waals surface area contributed by atoms with Gasteiger partial charge in [0.25, 0.3) is 0 Å². The topological polar surface area (TPSA) is 34.1 Å². The van der Waals surface area contributed by atoms with Crippen LogP contribution in [0, 0.1) is 0 Å². The molecule has 0 aliphatic carbocycles. The van der Waals surface area contributed by atoms with Crippen LogP contribution in [0.25, 0.3) is 11.1 Å². The third-order valence-electron chi connectivity index (χ3n) is 3.81. The van der Waals surface area contributed by atoms with Gasteiger partial charge in [0.05, 0.1) is 0 Å². The highest BCUT2D eigenvalue weighted by atomic mass is 16.1. The molecule has 0 aromatic heterocycles. The molecular formula is C21H16O2. The molecule has 0 N–H and O–H groups in total. The predicted molar refractivity (Wildman–Crippen MR) is 91.8 cm³/mol. The summed E-state index contributed by atoms with van der Waals surface area (Å²) in [6.45, 7) is 1.48. The highest BCUT2D eigenvalue weighted by molar-refractivity contribution is 6.15. The molecule has 0 saturated carbocycles. The second kappa shape index (κ2) is 6.41. The molecule has 0 spiro atoms. The van der Waals surface area contributed by atoms with Crippen LogP contribution in [0.5, 0.6) is 0 Å². The summed E-state index contributed by atoms with van der Waals surface area (Å²) in [5.74, 6) is -0.231. The Morgan fingerprint density at radius 3 is 1.74 bits per heavy atom. The molecule has 0 heterocycles. The second-order valence-corrected chi connectivity index (χ2v) is 5.37. The van der Waals surface area contributed by atoms with Crippen LogP contribution in [0.15, 0.2) is 78.9 Å². The van der Waals surface area contributed by atoms with E-state index < -0.39 is 0 Å². The van der Waals surface area contributed by atoms with E-state index in [0.717, 1.165) is 11.1 Å². The summed E-state index contributed by atoms with van der Waals surface area (Å²) in [5, 5.41) is 0. The molecular weight excluding hydrogens is 284 g/mol. The zero-order valence-corrected chi connectivity index (χ0v) is 12.8. The van der Waals surface area contributed by atoms with Crippen molar-refractivity contribution in [2.45, 2.75) is 6.92 Å². The molecule has 3 rings (SSSR count). The van der Waals surface area contributed by atoms with Crippen LogP contribution in [-0.4, -0.2) is 11.6 Å². The summed E-state index contributed by atoms with van der Waals surface area (Å²) in [6, 6.07) is 24.4. The van der Waals surface area contributed by atoms with E-state index in [1.807, 2.05) is 54.6 Å². The Bertz CT molecular complexity index is 847. The lowest BCUT2D eigenvalue weighted by atomic mass is 9.95. The average molecular weight is 300 g/mol. The molecule has 0 atom stereocenters. The van der Waals surface area contributed by atoms with Crippen molar-refractivity contribution in [3.05, 3.63) is 95.6 Å². The van der Waals surface area contributed by atoms with Gasteiger partial charge in [0.2, 0.25) is 0 Å². The SMILES string of the molecule is CC(=O)c1ccccc1C(=O)c1ccc(-c2ccccc2)cc1. The first-order chi connectivity index (χ1) is 11.2. The number of hydrogen-bond donors (Lipinski definition) is 0. The molecule has 0 radical (unpaired) electrons. The zero-order valence-electron chi connectivity index (χ0n) is 12.8. The molecule has 0 bridgehead atoms. The lowest BCUT2D eigenvalue weighted by molar-refractivity contribution is 0.0990. The lowest BCUT2D eigenvalue weighted by Crippen LogP contribution is -2.08. The fourth-order valence-corrected chi connectivity index (χ4v) is 2.59. The normalized spacial score (nSPS) is 10.3. The van der Waals surface area contributed by atoms with E-state index in [0.29, 0.717) is 16.7 Å². The summed E-state index contributed by atoms with van der Waals surface area (Å²) in [6.07, 6.45) is 0. The van der Waals surface area contributed by atoms with Crippen LogP contribution in [0.2, 0.25) is 0 Å². The van der Waals surface area contributed by atoms with E-state index in [4.69, 9.17) is 0 Å². The van der Waals surface area contributed by atoms with E-state index in [2.05, 4.69) is 0 Å². The number of carbonyl (C=O) groups excluding carboxylic acids is 2. The first kappa shape index (κ1) is 14.9. The Kier molecular flexibility index (Phi) is 4.15. The molecule has 112 valence electrons. The highest BCUT2D eigenvalue weighted by Gasteiger charge is 2.15. The Balaban J connectivity index is 1.94. The van der Waals surface area contributed by atoms with Crippen molar-refractivity contribution in [2.75, 3.05) is 0 Å². The minimum atomic E-state index is -0.129. The summed E-state index contributed by atoms with van der Waals surface area (Å²) < 4.78 is 0. The number of Topliss-reactive ketones (excluding diaryl/α,β-unsaturated/α-hetero) is 1. The molecule has 3 aromatic carbocycles. The van der Waals surface area contributed by atoms with Crippen LogP contribution in [0.4, 0.5) is 0 Å². The minimum absolute atomic E-state index is 0.102. The highest BCUT2D eigenvalue weighted by Crippen LogP contribution is 2.21. The van der Waals surface area contributed by atoms with Crippen molar-refractivity contribution in [3.63, 3.8) is 0 Å². The van der Waals surface area contributed by atoms with Gasteiger partial charge in [-0.25, -0.2) is 0 Å². The largest absolute Gasteiger partial charge is 0.294 e. The van der Waals surface area contributed by atoms with Gasteiger partial charge in [0.15, 0.2) is 11.6 Å². The molecule has 0 aliphatic rings. The van der Waals surface area contributed by atoms with Crippen LogP contribution in [0.3, 0.4) is 0 Å². The Morgan fingerprint density at radius 1 is 0.609 bits per heavy atom. The van der Waals surface area contributed by atoms with Crippen LogP contribution in [-0.2, 0) is 0 Å². The molecule has 3 aromatic rings. The predicted octanol–water partition coefficient (Wildman–Crippen LogP) is 4.79. The number of carbonyl (C=O) groups is 2. The van der Waals surface area contributed by atoms with Crippen LogP contribution < -0.4 is 0 Å². The van der Waals surface area contributed by atoms with E-state index in [-0.39, 0.29) is 11.6 Å². The average Bonchev–Trinajstić information content (AvgIpc) is 2.62. The van der Waals surface area contributed by atoms with Gasteiger partial charge in [-0.3, -0.25) is 9.59 Å². The van der Waals surface area contributed by atoms with Crippen molar-refractivity contribution in [1.82, 2.24) is 0 Å². The molecule has 0 amide bonds. The standard InChI is InChI=1S/C21H16O2/c1-15(22)19-9-5-6-10-20(19)21(23)18-13-11-17(12-14-18)16-7-3-2-4-8-16/h2-14H,1H3. The smallest absolute Gasteiger partial charge is 0.193 e. The molecule has 23 heavy (non-hydrogen) atoms. The Hall–Kier alpha value is -3.00. The number of benzene rings is 3. The number of rotatable bonds is 4. The first-order valence-electron chi connectivity index (χ1n) is 7.47. The Morgan fingerprint density at radius 2 is 1.13 bits per heavy atom. The van der Waals surface area contributed by atoms with Crippen molar-refractivity contribution >= 4 is 11.6 Å². The lowest BCUT2D eigenvalue weighted by Gasteiger charge is -2.07. The van der Waals surface area contributed by atoms with E-state index in [1.165, 1.54) is 6.92 Å². The maximum absolute atomic E-state index is 12.7. The summed E-state index contributed by atoms with van der Waals surface area (Å²) >= 11 is 0. The second-order valence-electron chi connectivity index (χ2n) is 5.37. The fourth-order valence-electron chi connectivity index (χ4n) is 2.59. The molecule has 2 nitrogen and oxygen atoms in total. The summed E-state index contributed by atoms with van der Waals surface area (Å²) in [4.78, 5) is 24.4. The van der Waals surface area contributed by atoms with Gasteiger partial charge < -0.3 is 0 Å². The maximum atomic E-state index is 12.7. The summed E-state index contributed by atoms with van der Waals surface area (Å²) in [7, 11) is 0. The maximum Gasteiger partial charge on any atom is 0.193 e. The van der Waals surface area contributed by atoms with Crippen molar-refractivity contribution < 1.29 is 9.59 Å². The van der Waals surface area contributed by atoms with E-state index in [1.54, 1.807) is 24.3 Å². The van der Waals surface area contributed by atoms with E-state index >= 15 is 0 Å². The molecule has 2 heteroatoms. The number of ketones is 2. The van der Waals surface area contributed by atoms with Crippen molar-refractivity contribution in [1.29, 1.82) is 0 Å².